The summed E-state index contributed by atoms with van der Waals surface area (Å²) >= 11 is 0. The van der Waals surface area contributed by atoms with E-state index < -0.39 is 11.8 Å². The molecular weight excluding hydrogens is 246 g/mol. The standard InChI is InChI=1S/C15H28F2N2/c1-3-14-7-10-19(12-15(14,16)17)11-13-5-8-18(4-2)9-6-13/h13-14H,3-12H2,1-2H3. The summed E-state index contributed by atoms with van der Waals surface area (Å²) in [6, 6.07) is 0. The van der Waals surface area contributed by atoms with Gasteiger partial charge in [-0.2, -0.15) is 0 Å². The Morgan fingerprint density at radius 2 is 1.63 bits per heavy atom. The zero-order chi connectivity index (χ0) is 13.9. The van der Waals surface area contributed by atoms with E-state index in [0.717, 1.165) is 32.7 Å². The zero-order valence-corrected chi connectivity index (χ0v) is 12.4. The Hall–Kier alpha value is -0.220. The van der Waals surface area contributed by atoms with E-state index in [1.54, 1.807) is 0 Å². The van der Waals surface area contributed by atoms with Gasteiger partial charge in [-0.1, -0.05) is 13.8 Å². The van der Waals surface area contributed by atoms with Gasteiger partial charge in [-0.3, -0.25) is 4.90 Å². The molecule has 0 bridgehead atoms. The van der Waals surface area contributed by atoms with Gasteiger partial charge in [-0.25, -0.2) is 8.78 Å². The van der Waals surface area contributed by atoms with Gasteiger partial charge in [0.2, 0.25) is 0 Å². The van der Waals surface area contributed by atoms with Crippen LogP contribution in [0.4, 0.5) is 8.78 Å². The Morgan fingerprint density at radius 3 is 2.16 bits per heavy atom. The SMILES string of the molecule is CCC1CCN(CC2CCN(CC)CC2)CC1(F)F. The maximum atomic E-state index is 13.9. The molecule has 0 N–H and O–H groups in total. The molecule has 0 aromatic rings. The van der Waals surface area contributed by atoms with E-state index in [1.165, 1.54) is 12.8 Å². The Bertz CT molecular complexity index is 275. The van der Waals surface area contributed by atoms with Crippen molar-refractivity contribution in [3.63, 3.8) is 0 Å². The maximum Gasteiger partial charge on any atom is 0.263 e. The minimum atomic E-state index is -2.48. The molecule has 1 atom stereocenters. The summed E-state index contributed by atoms with van der Waals surface area (Å²) < 4.78 is 27.9. The van der Waals surface area contributed by atoms with Crippen LogP contribution in [0.3, 0.4) is 0 Å². The molecule has 0 aromatic carbocycles. The third-order valence-electron chi connectivity index (χ3n) is 4.99. The largest absolute Gasteiger partial charge is 0.304 e. The molecule has 2 aliphatic heterocycles. The summed E-state index contributed by atoms with van der Waals surface area (Å²) in [6.45, 7) is 9.20. The van der Waals surface area contributed by atoms with Crippen molar-refractivity contribution in [2.75, 3.05) is 39.3 Å². The molecule has 1 unspecified atom stereocenters. The van der Waals surface area contributed by atoms with Crippen LogP contribution in [0.1, 0.15) is 39.5 Å². The topological polar surface area (TPSA) is 6.48 Å². The van der Waals surface area contributed by atoms with Gasteiger partial charge in [0.25, 0.3) is 5.92 Å². The number of piperidine rings is 2. The van der Waals surface area contributed by atoms with E-state index >= 15 is 0 Å². The predicted molar refractivity (Wildman–Crippen MR) is 74.6 cm³/mol. The van der Waals surface area contributed by atoms with Crippen molar-refractivity contribution in [3.8, 4) is 0 Å². The summed E-state index contributed by atoms with van der Waals surface area (Å²) in [6.07, 6.45) is 3.62. The Morgan fingerprint density at radius 1 is 1.00 bits per heavy atom. The number of hydrogen-bond donors (Lipinski definition) is 0. The second-order valence-electron chi connectivity index (χ2n) is 6.27. The molecule has 2 aliphatic rings. The Balaban J connectivity index is 1.78. The summed E-state index contributed by atoms with van der Waals surface area (Å²) in [5, 5.41) is 0. The number of hydrogen-bond acceptors (Lipinski definition) is 2. The van der Waals surface area contributed by atoms with Crippen molar-refractivity contribution < 1.29 is 8.78 Å². The summed E-state index contributed by atoms with van der Waals surface area (Å²) in [5.74, 6) is -2.25. The van der Waals surface area contributed by atoms with Crippen LogP contribution in [-0.2, 0) is 0 Å². The molecule has 0 aliphatic carbocycles. The lowest BCUT2D eigenvalue weighted by Crippen LogP contribution is -2.50. The van der Waals surface area contributed by atoms with Crippen LogP contribution in [0.2, 0.25) is 0 Å². The third kappa shape index (κ3) is 3.88. The van der Waals surface area contributed by atoms with E-state index in [-0.39, 0.29) is 6.54 Å². The summed E-state index contributed by atoms with van der Waals surface area (Å²) in [5.41, 5.74) is 0. The molecule has 4 heteroatoms. The first-order chi connectivity index (χ1) is 9.05. The highest BCUT2D eigenvalue weighted by atomic mass is 19.3. The van der Waals surface area contributed by atoms with Gasteiger partial charge >= 0.3 is 0 Å². The summed E-state index contributed by atoms with van der Waals surface area (Å²) in [7, 11) is 0. The molecule has 2 heterocycles. The van der Waals surface area contributed by atoms with Crippen molar-refractivity contribution in [1.82, 2.24) is 9.80 Å². The first-order valence-electron chi connectivity index (χ1n) is 7.87. The lowest BCUT2D eigenvalue weighted by atomic mass is 9.89. The maximum absolute atomic E-state index is 13.9. The van der Waals surface area contributed by atoms with Crippen LogP contribution in [-0.4, -0.2) is 55.0 Å². The molecular formula is C15H28F2N2. The lowest BCUT2D eigenvalue weighted by molar-refractivity contribution is -0.114. The van der Waals surface area contributed by atoms with Crippen molar-refractivity contribution in [1.29, 1.82) is 0 Å². The fourth-order valence-corrected chi connectivity index (χ4v) is 3.56. The average Bonchev–Trinajstić information content (AvgIpc) is 2.39. The smallest absolute Gasteiger partial charge is 0.263 e. The van der Waals surface area contributed by atoms with Crippen LogP contribution < -0.4 is 0 Å². The minimum absolute atomic E-state index is 0.0144. The van der Waals surface area contributed by atoms with Gasteiger partial charge in [0.15, 0.2) is 0 Å². The number of nitrogens with zero attached hydrogens (tertiary/aromatic N) is 2. The fourth-order valence-electron chi connectivity index (χ4n) is 3.56. The Labute approximate surface area is 116 Å². The van der Waals surface area contributed by atoms with Crippen molar-refractivity contribution in [2.24, 2.45) is 11.8 Å². The van der Waals surface area contributed by atoms with Gasteiger partial charge in [-0.05, 0) is 57.8 Å². The quantitative estimate of drug-likeness (QED) is 0.777. The van der Waals surface area contributed by atoms with Crippen molar-refractivity contribution >= 4 is 0 Å². The molecule has 0 amide bonds. The second-order valence-corrected chi connectivity index (χ2v) is 6.27. The van der Waals surface area contributed by atoms with Gasteiger partial charge in [0, 0.05) is 12.5 Å². The molecule has 2 nitrogen and oxygen atoms in total. The summed E-state index contributed by atoms with van der Waals surface area (Å²) in [4.78, 5) is 4.47. The first-order valence-corrected chi connectivity index (χ1v) is 7.87. The molecule has 0 spiro atoms. The van der Waals surface area contributed by atoms with Gasteiger partial charge < -0.3 is 4.90 Å². The lowest BCUT2D eigenvalue weighted by Gasteiger charge is -2.41. The van der Waals surface area contributed by atoms with E-state index in [0.29, 0.717) is 18.8 Å². The number of rotatable bonds is 4. The molecule has 0 aromatic heterocycles. The monoisotopic (exact) mass is 274 g/mol. The highest BCUT2D eigenvalue weighted by Crippen LogP contribution is 2.35. The molecule has 0 saturated carbocycles. The zero-order valence-electron chi connectivity index (χ0n) is 12.4. The normalized spacial score (nSPS) is 30.6. The van der Waals surface area contributed by atoms with Gasteiger partial charge in [0.05, 0.1) is 6.54 Å². The highest BCUT2D eigenvalue weighted by molar-refractivity contribution is 4.87. The van der Waals surface area contributed by atoms with Crippen LogP contribution >= 0.6 is 0 Å². The van der Waals surface area contributed by atoms with E-state index in [9.17, 15) is 8.78 Å². The second kappa shape index (κ2) is 6.49. The molecule has 2 rings (SSSR count). The predicted octanol–water partition coefficient (Wildman–Crippen LogP) is 3.09. The molecule has 2 saturated heterocycles. The molecule has 19 heavy (non-hydrogen) atoms. The van der Waals surface area contributed by atoms with Crippen molar-refractivity contribution in [2.45, 2.75) is 45.5 Å². The van der Waals surface area contributed by atoms with Crippen LogP contribution in [0, 0.1) is 11.8 Å². The average molecular weight is 274 g/mol. The van der Waals surface area contributed by atoms with Gasteiger partial charge in [-0.15, -0.1) is 0 Å². The number of halogens is 2. The van der Waals surface area contributed by atoms with E-state index in [4.69, 9.17) is 0 Å². The van der Waals surface area contributed by atoms with Crippen LogP contribution in [0.5, 0.6) is 0 Å². The van der Waals surface area contributed by atoms with Crippen LogP contribution in [0.25, 0.3) is 0 Å². The number of likely N-dealkylation sites (tertiary alicyclic amines) is 2. The minimum Gasteiger partial charge on any atom is -0.304 e. The molecule has 0 radical (unpaired) electrons. The number of alkyl halides is 2. The first kappa shape index (κ1) is 15.2. The highest BCUT2D eigenvalue weighted by Gasteiger charge is 2.43. The molecule has 112 valence electrons. The third-order valence-corrected chi connectivity index (χ3v) is 4.99. The van der Waals surface area contributed by atoms with E-state index in [2.05, 4.69) is 11.8 Å². The Kier molecular flexibility index (Phi) is 5.18. The van der Waals surface area contributed by atoms with Gasteiger partial charge in [0.1, 0.15) is 0 Å². The fraction of sp³-hybridized carbons (Fsp3) is 1.00. The van der Waals surface area contributed by atoms with Crippen LogP contribution in [0.15, 0.2) is 0 Å². The van der Waals surface area contributed by atoms with E-state index in [1.807, 2.05) is 11.8 Å². The van der Waals surface area contributed by atoms with Crippen molar-refractivity contribution in [3.05, 3.63) is 0 Å². The molecule has 2 fully saturated rings.